The highest BCUT2D eigenvalue weighted by molar-refractivity contribution is 7.19. The number of fused-ring (bicyclic) bond motifs is 3. The topological polar surface area (TPSA) is 55.1 Å². The van der Waals surface area contributed by atoms with E-state index in [2.05, 4.69) is 27.1 Å². The summed E-state index contributed by atoms with van der Waals surface area (Å²) in [7, 11) is 2.05. The van der Waals surface area contributed by atoms with Crippen molar-refractivity contribution in [2.45, 2.75) is 39.2 Å². The lowest BCUT2D eigenvalue weighted by Gasteiger charge is -2.19. The summed E-state index contributed by atoms with van der Waals surface area (Å²) < 4.78 is 5.16. The van der Waals surface area contributed by atoms with Crippen LogP contribution in [0.1, 0.15) is 34.7 Å². The molecule has 0 saturated carbocycles. The molecule has 5 nitrogen and oxygen atoms in total. The Labute approximate surface area is 133 Å². The number of hydrogen-bond donors (Lipinski definition) is 0. The molecule has 3 aromatic rings. The Morgan fingerprint density at radius 3 is 2.95 bits per heavy atom. The van der Waals surface area contributed by atoms with Crippen LogP contribution in [0.5, 0.6) is 0 Å². The first-order valence-electron chi connectivity index (χ1n) is 7.61. The summed E-state index contributed by atoms with van der Waals surface area (Å²) in [6.45, 7) is 2.60. The van der Waals surface area contributed by atoms with Gasteiger partial charge in [-0.15, -0.1) is 11.3 Å². The Kier molecular flexibility index (Phi) is 3.33. The Bertz CT molecular complexity index is 823. The van der Waals surface area contributed by atoms with Gasteiger partial charge in [0.2, 0.25) is 0 Å². The SMILES string of the molecule is Cc1cc(CN(C)c2ncnc3sc4c(c23)CCCC4)no1. The van der Waals surface area contributed by atoms with Crippen molar-refractivity contribution in [2.75, 3.05) is 11.9 Å². The van der Waals surface area contributed by atoms with Gasteiger partial charge in [-0.25, -0.2) is 9.97 Å². The molecule has 1 aliphatic rings. The second-order valence-corrected chi connectivity index (χ2v) is 6.96. The van der Waals surface area contributed by atoms with Crippen LogP contribution in [0.2, 0.25) is 0 Å². The van der Waals surface area contributed by atoms with Gasteiger partial charge in [-0.05, 0) is 38.2 Å². The molecule has 0 N–H and O–H groups in total. The van der Waals surface area contributed by atoms with Crippen LogP contribution >= 0.6 is 11.3 Å². The Morgan fingerprint density at radius 2 is 2.14 bits per heavy atom. The van der Waals surface area contributed by atoms with Crippen molar-refractivity contribution in [1.82, 2.24) is 15.1 Å². The fourth-order valence-electron chi connectivity index (χ4n) is 3.17. The van der Waals surface area contributed by atoms with Crippen molar-refractivity contribution in [3.8, 4) is 0 Å². The quantitative estimate of drug-likeness (QED) is 0.740. The molecule has 0 radical (unpaired) electrons. The van der Waals surface area contributed by atoms with Gasteiger partial charge >= 0.3 is 0 Å². The molecule has 0 amide bonds. The van der Waals surface area contributed by atoms with Crippen LogP contribution in [0.4, 0.5) is 5.82 Å². The molecular formula is C16H18N4OS. The Balaban J connectivity index is 1.75. The van der Waals surface area contributed by atoms with Crippen molar-refractivity contribution in [3.05, 3.63) is 34.3 Å². The maximum Gasteiger partial charge on any atom is 0.141 e. The van der Waals surface area contributed by atoms with E-state index < -0.39 is 0 Å². The summed E-state index contributed by atoms with van der Waals surface area (Å²) in [4.78, 5) is 13.8. The predicted octanol–water partition coefficient (Wildman–Crippen LogP) is 3.50. The molecule has 6 heteroatoms. The number of aromatic nitrogens is 3. The maximum absolute atomic E-state index is 5.16. The molecule has 0 aromatic carbocycles. The number of nitrogens with zero attached hydrogens (tertiary/aromatic N) is 4. The number of hydrogen-bond acceptors (Lipinski definition) is 6. The molecule has 0 unspecified atom stereocenters. The molecule has 3 heterocycles. The molecule has 0 spiro atoms. The lowest BCUT2D eigenvalue weighted by atomic mass is 9.97. The van der Waals surface area contributed by atoms with E-state index in [0.29, 0.717) is 6.54 Å². The third-order valence-corrected chi connectivity index (χ3v) is 5.37. The Hall–Kier alpha value is -1.95. The van der Waals surface area contributed by atoms with Crippen molar-refractivity contribution in [2.24, 2.45) is 0 Å². The van der Waals surface area contributed by atoms with Crippen molar-refractivity contribution >= 4 is 27.4 Å². The molecule has 4 rings (SSSR count). The number of anilines is 1. The molecule has 3 aromatic heterocycles. The van der Waals surface area contributed by atoms with Gasteiger partial charge in [0.25, 0.3) is 0 Å². The van der Waals surface area contributed by atoms with Crippen LogP contribution in [0.3, 0.4) is 0 Å². The smallest absolute Gasteiger partial charge is 0.141 e. The van der Waals surface area contributed by atoms with Crippen LogP contribution in [0, 0.1) is 6.92 Å². The highest BCUT2D eigenvalue weighted by Gasteiger charge is 2.21. The molecule has 0 atom stereocenters. The van der Waals surface area contributed by atoms with E-state index in [0.717, 1.165) is 28.5 Å². The minimum atomic E-state index is 0.689. The minimum Gasteiger partial charge on any atom is -0.361 e. The van der Waals surface area contributed by atoms with E-state index in [1.165, 1.54) is 35.1 Å². The summed E-state index contributed by atoms with van der Waals surface area (Å²) in [5, 5.41) is 5.32. The van der Waals surface area contributed by atoms with Crippen LogP contribution in [0.25, 0.3) is 10.2 Å². The zero-order valence-electron chi connectivity index (χ0n) is 12.8. The van der Waals surface area contributed by atoms with E-state index in [9.17, 15) is 0 Å². The summed E-state index contributed by atoms with van der Waals surface area (Å²) in [6, 6.07) is 1.97. The van der Waals surface area contributed by atoms with Crippen LogP contribution in [0.15, 0.2) is 16.9 Å². The largest absolute Gasteiger partial charge is 0.361 e. The molecule has 114 valence electrons. The fourth-order valence-corrected chi connectivity index (χ4v) is 4.40. The molecule has 1 aliphatic carbocycles. The Morgan fingerprint density at radius 1 is 1.27 bits per heavy atom. The highest BCUT2D eigenvalue weighted by atomic mass is 32.1. The normalized spacial score (nSPS) is 14.3. The monoisotopic (exact) mass is 314 g/mol. The van der Waals surface area contributed by atoms with Gasteiger partial charge in [-0.2, -0.15) is 0 Å². The van der Waals surface area contributed by atoms with E-state index in [1.807, 2.05) is 24.3 Å². The first kappa shape index (κ1) is 13.7. The van der Waals surface area contributed by atoms with Gasteiger partial charge < -0.3 is 9.42 Å². The first-order chi connectivity index (χ1) is 10.7. The van der Waals surface area contributed by atoms with E-state index in [-0.39, 0.29) is 0 Å². The predicted molar refractivity (Wildman–Crippen MR) is 87.4 cm³/mol. The molecular weight excluding hydrogens is 296 g/mol. The van der Waals surface area contributed by atoms with Crippen LogP contribution in [-0.4, -0.2) is 22.2 Å². The average Bonchev–Trinajstić information content (AvgIpc) is 3.10. The molecule has 22 heavy (non-hydrogen) atoms. The zero-order chi connectivity index (χ0) is 15.1. The van der Waals surface area contributed by atoms with Crippen molar-refractivity contribution in [3.63, 3.8) is 0 Å². The highest BCUT2D eigenvalue weighted by Crippen LogP contribution is 2.39. The average molecular weight is 314 g/mol. The van der Waals surface area contributed by atoms with E-state index in [1.54, 1.807) is 6.33 Å². The van der Waals surface area contributed by atoms with Crippen LogP contribution in [-0.2, 0) is 19.4 Å². The van der Waals surface area contributed by atoms with Gasteiger partial charge in [0.15, 0.2) is 0 Å². The van der Waals surface area contributed by atoms with E-state index in [4.69, 9.17) is 4.52 Å². The molecule has 0 fully saturated rings. The number of aryl methyl sites for hydroxylation is 3. The third-order valence-electron chi connectivity index (χ3n) is 4.17. The lowest BCUT2D eigenvalue weighted by Crippen LogP contribution is -2.18. The minimum absolute atomic E-state index is 0.689. The first-order valence-corrected chi connectivity index (χ1v) is 8.42. The van der Waals surface area contributed by atoms with Crippen molar-refractivity contribution < 1.29 is 4.52 Å². The van der Waals surface area contributed by atoms with Gasteiger partial charge in [0.05, 0.1) is 11.9 Å². The summed E-state index contributed by atoms with van der Waals surface area (Å²) in [5.41, 5.74) is 2.39. The summed E-state index contributed by atoms with van der Waals surface area (Å²) >= 11 is 1.83. The van der Waals surface area contributed by atoms with E-state index >= 15 is 0 Å². The summed E-state index contributed by atoms with van der Waals surface area (Å²) in [5.74, 6) is 1.84. The molecule has 0 bridgehead atoms. The van der Waals surface area contributed by atoms with Gasteiger partial charge in [-0.3, -0.25) is 0 Å². The standard InChI is InChI=1S/C16H18N4OS/c1-10-7-11(19-21-10)8-20(2)15-14-12-5-3-4-6-13(12)22-16(14)18-9-17-15/h7,9H,3-6,8H2,1-2H3. The van der Waals surface area contributed by atoms with Crippen molar-refractivity contribution in [1.29, 1.82) is 0 Å². The number of thiophene rings is 1. The zero-order valence-corrected chi connectivity index (χ0v) is 13.6. The second kappa shape index (κ2) is 5.35. The van der Waals surface area contributed by atoms with Crippen LogP contribution < -0.4 is 4.90 Å². The fraction of sp³-hybridized carbons (Fsp3) is 0.438. The van der Waals surface area contributed by atoms with Gasteiger partial charge in [0.1, 0.15) is 28.4 Å². The second-order valence-electron chi connectivity index (χ2n) is 5.87. The number of rotatable bonds is 3. The maximum atomic E-state index is 5.16. The molecule has 0 aliphatic heterocycles. The lowest BCUT2D eigenvalue weighted by molar-refractivity contribution is 0.390. The molecule has 0 saturated heterocycles. The van der Waals surface area contributed by atoms with Gasteiger partial charge in [0, 0.05) is 18.0 Å². The third kappa shape index (κ3) is 2.27. The summed E-state index contributed by atoms with van der Waals surface area (Å²) in [6.07, 6.45) is 6.55. The van der Waals surface area contributed by atoms with Gasteiger partial charge in [-0.1, -0.05) is 5.16 Å².